The van der Waals surface area contributed by atoms with Gasteiger partial charge in [0.1, 0.15) is 0 Å². The van der Waals surface area contributed by atoms with E-state index in [4.69, 9.17) is 5.73 Å². The predicted molar refractivity (Wildman–Crippen MR) is 103 cm³/mol. The molecule has 0 spiro atoms. The predicted octanol–water partition coefficient (Wildman–Crippen LogP) is 4.30. The minimum atomic E-state index is -0.375. The molecule has 0 aliphatic heterocycles. The van der Waals surface area contributed by atoms with Crippen molar-refractivity contribution in [1.82, 2.24) is 0 Å². The highest BCUT2D eigenvalue weighted by atomic mass is 16.1. The molecule has 3 aromatic rings. The minimum Gasteiger partial charge on any atom is -0.381 e. The number of primary amides is 1. The third-order valence-corrected chi connectivity index (χ3v) is 4.27. The van der Waals surface area contributed by atoms with Crippen molar-refractivity contribution in [2.24, 2.45) is 5.73 Å². The molecule has 0 unspecified atom stereocenters. The molecule has 0 saturated carbocycles. The molecule has 3 heteroatoms. The second kappa shape index (κ2) is 7.67. The van der Waals surface area contributed by atoms with Crippen LogP contribution in [0.25, 0.3) is 0 Å². The molecule has 0 aromatic heterocycles. The van der Waals surface area contributed by atoms with Crippen molar-refractivity contribution in [2.75, 3.05) is 5.32 Å². The summed E-state index contributed by atoms with van der Waals surface area (Å²) in [5, 5.41) is 3.42. The van der Waals surface area contributed by atoms with Crippen LogP contribution in [-0.2, 0) is 13.0 Å². The Morgan fingerprint density at radius 2 is 1.56 bits per heavy atom. The zero-order valence-corrected chi connectivity index (χ0v) is 14.3. The highest BCUT2D eigenvalue weighted by Gasteiger charge is 2.06. The lowest BCUT2D eigenvalue weighted by Crippen LogP contribution is -2.13. The van der Waals surface area contributed by atoms with E-state index in [1.165, 1.54) is 11.1 Å². The van der Waals surface area contributed by atoms with Crippen molar-refractivity contribution >= 4 is 11.6 Å². The molecule has 0 bridgehead atoms. The summed E-state index contributed by atoms with van der Waals surface area (Å²) in [6.45, 7) is 2.71. The Labute approximate surface area is 148 Å². The first-order valence-electron chi connectivity index (χ1n) is 8.38. The number of hydrogen-bond acceptors (Lipinski definition) is 2. The highest BCUT2D eigenvalue weighted by Crippen LogP contribution is 2.17. The van der Waals surface area contributed by atoms with Crippen molar-refractivity contribution < 1.29 is 4.79 Å². The Morgan fingerprint density at radius 3 is 2.24 bits per heavy atom. The average Bonchev–Trinajstić information content (AvgIpc) is 2.63. The summed E-state index contributed by atoms with van der Waals surface area (Å²) >= 11 is 0. The number of nitrogens with one attached hydrogen (secondary N) is 1. The zero-order valence-electron chi connectivity index (χ0n) is 14.3. The van der Waals surface area contributed by atoms with Gasteiger partial charge >= 0.3 is 0 Å². The Morgan fingerprint density at radius 1 is 0.880 bits per heavy atom. The lowest BCUT2D eigenvalue weighted by molar-refractivity contribution is 0.0999. The molecule has 0 fully saturated rings. The number of aryl methyl sites for hydroxylation is 1. The first-order chi connectivity index (χ1) is 12.1. The summed E-state index contributed by atoms with van der Waals surface area (Å²) in [5.41, 5.74) is 11.6. The quantitative estimate of drug-likeness (QED) is 0.708. The number of benzene rings is 3. The molecule has 3 N–H and O–H groups in total. The van der Waals surface area contributed by atoms with Gasteiger partial charge in [-0.2, -0.15) is 0 Å². The normalized spacial score (nSPS) is 10.4. The summed E-state index contributed by atoms with van der Waals surface area (Å²) in [4.78, 5) is 11.5. The van der Waals surface area contributed by atoms with Gasteiger partial charge < -0.3 is 11.1 Å². The second-order valence-electron chi connectivity index (χ2n) is 6.23. The maximum Gasteiger partial charge on any atom is 0.248 e. The van der Waals surface area contributed by atoms with Crippen LogP contribution in [0.4, 0.5) is 5.69 Å². The monoisotopic (exact) mass is 330 g/mol. The molecule has 0 radical (unpaired) electrons. The summed E-state index contributed by atoms with van der Waals surface area (Å²) < 4.78 is 0. The molecule has 25 heavy (non-hydrogen) atoms. The van der Waals surface area contributed by atoms with Gasteiger partial charge in [-0.25, -0.2) is 0 Å². The molecule has 3 aromatic carbocycles. The van der Waals surface area contributed by atoms with Crippen LogP contribution in [0, 0.1) is 6.92 Å². The minimum absolute atomic E-state index is 0.375. The molecular weight excluding hydrogens is 308 g/mol. The summed E-state index contributed by atoms with van der Waals surface area (Å²) in [7, 11) is 0. The number of nitrogens with two attached hydrogens (primary N) is 1. The number of amides is 1. The van der Waals surface area contributed by atoms with E-state index in [2.05, 4.69) is 41.7 Å². The number of hydrogen-bond donors (Lipinski definition) is 2. The van der Waals surface area contributed by atoms with Crippen LogP contribution in [0.5, 0.6) is 0 Å². The fraction of sp³-hybridized carbons (Fsp3) is 0.136. The SMILES string of the molecule is Cc1ccc(Cc2ccc(NCc3ccccc3)cc2)cc1C(N)=O. The zero-order chi connectivity index (χ0) is 17.6. The largest absolute Gasteiger partial charge is 0.381 e. The van der Waals surface area contributed by atoms with Crippen LogP contribution in [0.2, 0.25) is 0 Å². The van der Waals surface area contributed by atoms with Crippen molar-refractivity contribution in [1.29, 1.82) is 0 Å². The van der Waals surface area contributed by atoms with Gasteiger partial charge in [0.15, 0.2) is 0 Å². The molecule has 0 heterocycles. The smallest absolute Gasteiger partial charge is 0.248 e. The van der Waals surface area contributed by atoms with E-state index >= 15 is 0 Å². The van der Waals surface area contributed by atoms with E-state index in [0.29, 0.717) is 5.56 Å². The van der Waals surface area contributed by atoms with Crippen LogP contribution >= 0.6 is 0 Å². The maximum absolute atomic E-state index is 11.5. The summed E-state index contributed by atoms with van der Waals surface area (Å²) in [6, 6.07) is 24.6. The standard InChI is InChI=1S/C22H22N2O/c1-16-7-8-19(14-21(16)22(23)25)13-17-9-11-20(12-10-17)24-15-18-5-3-2-4-6-18/h2-12,14,24H,13,15H2,1H3,(H2,23,25). The van der Waals surface area contributed by atoms with Gasteiger partial charge in [0.05, 0.1) is 0 Å². The number of rotatable bonds is 6. The van der Waals surface area contributed by atoms with Gasteiger partial charge in [0.25, 0.3) is 0 Å². The lowest BCUT2D eigenvalue weighted by Gasteiger charge is -2.09. The van der Waals surface area contributed by atoms with Crippen LogP contribution < -0.4 is 11.1 Å². The fourth-order valence-corrected chi connectivity index (χ4v) is 2.82. The Hall–Kier alpha value is -3.07. The lowest BCUT2D eigenvalue weighted by atomic mass is 9.99. The van der Waals surface area contributed by atoms with E-state index in [9.17, 15) is 4.79 Å². The molecule has 1 amide bonds. The third kappa shape index (κ3) is 4.48. The van der Waals surface area contributed by atoms with Gasteiger partial charge in [-0.1, -0.05) is 54.6 Å². The van der Waals surface area contributed by atoms with Crippen molar-refractivity contribution in [3.63, 3.8) is 0 Å². The molecule has 0 aliphatic rings. The molecular formula is C22H22N2O. The van der Waals surface area contributed by atoms with Crippen LogP contribution in [0.1, 0.15) is 32.6 Å². The van der Waals surface area contributed by atoms with E-state index in [-0.39, 0.29) is 5.91 Å². The van der Waals surface area contributed by atoms with Gasteiger partial charge in [0.2, 0.25) is 5.91 Å². The van der Waals surface area contributed by atoms with Crippen molar-refractivity contribution in [2.45, 2.75) is 19.9 Å². The molecule has 0 atom stereocenters. The first kappa shape index (κ1) is 16.8. The van der Waals surface area contributed by atoms with E-state index in [1.54, 1.807) is 0 Å². The Kier molecular flexibility index (Phi) is 5.14. The van der Waals surface area contributed by atoms with Crippen LogP contribution in [-0.4, -0.2) is 5.91 Å². The van der Waals surface area contributed by atoms with Crippen LogP contribution in [0.3, 0.4) is 0 Å². The molecule has 0 saturated heterocycles. The Balaban J connectivity index is 1.64. The van der Waals surface area contributed by atoms with E-state index in [1.807, 2.05) is 43.3 Å². The van der Waals surface area contributed by atoms with Gasteiger partial charge in [-0.15, -0.1) is 0 Å². The molecule has 0 aliphatic carbocycles. The average molecular weight is 330 g/mol. The fourth-order valence-electron chi connectivity index (χ4n) is 2.82. The van der Waals surface area contributed by atoms with E-state index in [0.717, 1.165) is 29.8 Å². The summed E-state index contributed by atoms with van der Waals surface area (Å²) in [5.74, 6) is -0.375. The number of carbonyl (C=O) groups is 1. The third-order valence-electron chi connectivity index (χ3n) is 4.27. The second-order valence-corrected chi connectivity index (χ2v) is 6.23. The van der Waals surface area contributed by atoms with Crippen LogP contribution in [0.15, 0.2) is 72.8 Å². The first-order valence-corrected chi connectivity index (χ1v) is 8.38. The number of carbonyl (C=O) groups excluding carboxylic acids is 1. The maximum atomic E-state index is 11.5. The molecule has 3 nitrogen and oxygen atoms in total. The summed E-state index contributed by atoms with van der Waals surface area (Å²) in [6.07, 6.45) is 0.777. The van der Waals surface area contributed by atoms with Gasteiger partial charge in [0, 0.05) is 17.8 Å². The molecule has 3 rings (SSSR count). The van der Waals surface area contributed by atoms with Crippen molar-refractivity contribution in [3.8, 4) is 0 Å². The molecule has 126 valence electrons. The van der Waals surface area contributed by atoms with Gasteiger partial charge in [-0.05, 0) is 53.8 Å². The number of anilines is 1. The highest BCUT2D eigenvalue weighted by molar-refractivity contribution is 5.94. The van der Waals surface area contributed by atoms with Gasteiger partial charge in [-0.3, -0.25) is 4.79 Å². The van der Waals surface area contributed by atoms with E-state index < -0.39 is 0 Å². The van der Waals surface area contributed by atoms with Crippen molar-refractivity contribution in [3.05, 3.63) is 101 Å². The Bertz CT molecular complexity index is 855. The topological polar surface area (TPSA) is 55.1 Å².